The van der Waals surface area contributed by atoms with E-state index in [1.807, 2.05) is 0 Å². The van der Waals surface area contributed by atoms with Gasteiger partial charge in [-0.05, 0) is 24.4 Å². The lowest BCUT2D eigenvalue weighted by Gasteiger charge is -2.28. The molecule has 4 rings (SSSR count). The maximum Gasteiger partial charge on any atom is 0.239 e. The van der Waals surface area contributed by atoms with Gasteiger partial charge >= 0.3 is 0 Å². The largest absolute Gasteiger partial charge is 0.468 e. The summed E-state index contributed by atoms with van der Waals surface area (Å²) in [5.41, 5.74) is 0.128. The van der Waals surface area contributed by atoms with Crippen molar-refractivity contribution in [2.75, 3.05) is 6.79 Å². The second-order valence-electron chi connectivity index (χ2n) is 6.44. The van der Waals surface area contributed by atoms with Gasteiger partial charge in [-0.1, -0.05) is 28.4 Å². The smallest absolute Gasteiger partial charge is 0.239 e. The number of rotatable bonds is 5. The van der Waals surface area contributed by atoms with Gasteiger partial charge < -0.3 is 14.0 Å². The molecule has 2 aromatic rings. The fourth-order valence-corrected chi connectivity index (χ4v) is 5.43. The van der Waals surface area contributed by atoms with Crippen LogP contribution >= 0.6 is 22.9 Å². The number of allylic oxidation sites excluding steroid dienone is 2. The predicted octanol–water partition coefficient (Wildman–Crippen LogP) is 3.03. The van der Waals surface area contributed by atoms with Crippen LogP contribution in [0.15, 0.2) is 44.3 Å². The van der Waals surface area contributed by atoms with Gasteiger partial charge in [0.25, 0.3) is 0 Å². The molecule has 2 N–H and O–H groups in total. The number of thiophene rings is 1. The lowest BCUT2D eigenvalue weighted by molar-refractivity contribution is -0.0252. The molecule has 0 bridgehead atoms. The number of aryl methyl sites for hydroxylation is 1. The van der Waals surface area contributed by atoms with Gasteiger partial charge in [-0.15, -0.1) is 11.3 Å². The summed E-state index contributed by atoms with van der Waals surface area (Å²) in [4.78, 5) is 12.7. The number of nitrogens with zero attached hydrogens (tertiary/aromatic N) is 1. The van der Waals surface area contributed by atoms with Crippen molar-refractivity contribution in [3.05, 3.63) is 56.3 Å². The SMILES string of the molecule is Cc1noc(C23CC(CC(=O)c4sccc4S(N)(=O)=O)=CC=C2OCO3)c1Cl. The van der Waals surface area contributed by atoms with E-state index in [1.165, 1.54) is 11.4 Å². The molecule has 1 fully saturated rings. The van der Waals surface area contributed by atoms with Gasteiger partial charge in [0, 0.05) is 12.8 Å². The first-order valence-corrected chi connectivity index (χ1v) is 11.0. The molecule has 1 saturated heterocycles. The number of hydrogen-bond donors (Lipinski definition) is 1. The van der Waals surface area contributed by atoms with E-state index in [4.69, 9.17) is 30.7 Å². The molecular weight excluding hydrogens is 428 g/mol. The molecular formula is C17H15ClN2O6S2. The molecule has 2 aromatic heterocycles. The molecule has 1 aliphatic carbocycles. The molecule has 0 amide bonds. The minimum atomic E-state index is -3.98. The number of Topliss-reactive ketones (excluding diaryl/α,β-unsaturated/α-hetero) is 1. The lowest BCUT2D eigenvalue weighted by Crippen LogP contribution is -2.30. The Labute approximate surface area is 169 Å². The zero-order valence-corrected chi connectivity index (χ0v) is 17.0. The van der Waals surface area contributed by atoms with E-state index in [0.717, 1.165) is 11.3 Å². The third-order valence-electron chi connectivity index (χ3n) is 4.60. The quantitative estimate of drug-likeness (QED) is 0.706. The van der Waals surface area contributed by atoms with Crippen molar-refractivity contribution >= 4 is 38.7 Å². The fourth-order valence-electron chi connectivity index (χ4n) is 3.27. The van der Waals surface area contributed by atoms with Crippen LogP contribution in [0, 0.1) is 6.92 Å². The van der Waals surface area contributed by atoms with Gasteiger partial charge in [-0.2, -0.15) is 0 Å². The highest BCUT2D eigenvalue weighted by atomic mass is 35.5. The second-order valence-corrected chi connectivity index (χ2v) is 9.26. The fraction of sp³-hybridized carbons (Fsp3) is 0.294. The maximum atomic E-state index is 12.7. The normalized spacial score (nSPS) is 21.7. The van der Waals surface area contributed by atoms with Gasteiger partial charge in [0.2, 0.25) is 10.0 Å². The summed E-state index contributed by atoms with van der Waals surface area (Å²) < 4.78 is 40.1. The average Bonchev–Trinajstić information content (AvgIpc) is 3.34. The second kappa shape index (κ2) is 6.82. The minimum Gasteiger partial charge on any atom is -0.468 e. The summed E-state index contributed by atoms with van der Waals surface area (Å²) in [7, 11) is -3.98. The van der Waals surface area contributed by atoms with Crippen LogP contribution in [0.1, 0.15) is 34.0 Å². The van der Waals surface area contributed by atoms with Crippen molar-refractivity contribution in [2.45, 2.75) is 30.3 Å². The Morgan fingerprint density at radius 2 is 2.21 bits per heavy atom. The number of sulfonamides is 1. The number of aromatic nitrogens is 1. The van der Waals surface area contributed by atoms with E-state index < -0.39 is 15.6 Å². The van der Waals surface area contributed by atoms with E-state index in [9.17, 15) is 13.2 Å². The Morgan fingerprint density at radius 3 is 2.89 bits per heavy atom. The molecule has 2 aliphatic rings. The first-order valence-electron chi connectivity index (χ1n) is 8.15. The van der Waals surface area contributed by atoms with E-state index in [-0.39, 0.29) is 35.2 Å². The molecule has 0 aromatic carbocycles. The topological polar surface area (TPSA) is 122 Å². The van der Waals surface area contributed by atoms with E-state index in [1.54, 1.807) is 19.1 Å². The standard InChI is InChI=1S/C17H15ClN2O6S2/c1-9-14(18)16(26-20-9)17-7-10(2-3-13(17)24-8-25-17)6-11(21)15-12(4-5-27-15)28(19,22)23/h2-5H,6-8H2,1H3,(H2,19,22,23). The number of hydrogen-bond acceptors (Lipinski definition) is 8. The number of ether oxygens (including phenoxy) is 2. The van der Waals surface area contributed by atoms with Gasteiger partial charge in [-0.25, -0.2) is 13.6 Å². The van der Waals surface area contributed by atoms with E-state index >= 15 is 0 Å². The van der Waals surface area contributed by atoms with Gasteiger partial charge in [0.1, 0.15) is 15.7 Å². The van der Waals surface area contributed by atoms with Crippen molar-refractivity contribution in [3.8, 4) is 0 Å². The lowest BCUT2D eigenvalue weighted by atomic mass is 9.84. The third-order valence-corrected chi connectivity index (χ3v) is 7.08. The Bertz CT molecular complexity index is 1130. The van der Waals surface area contributed by atoms with E-state index in [2.05, 4.69) is 5.16 Å². The first kappa shape index (κ1) is 19.3. The average molecular weight is 443 g/mol. The predicted molar refractivity (Wildman–Crippen MR) is 100 cm³/mol. The number of ketones is 1. The number of primary sulfonamides is 1. The summed E-state index contributed by atoms with van der Waals surface area (Å²) in [5.74, 6) is 0.481. The van der Waals surface area contributed by atoms with Crippen LogP contribution in [-0.2, 0) is 25.1 Å². The summed E-state index contributed by atoms with van der Waals surface area (Å²) in [6, 6.07) is 1.33. The zero-order valence-electron chi connectivity index (χ0n) is 14.6. The molecule has 1 unspecified atom stereocenters. The number of nitrogens with two attached hydrogens (primary N) is 1. The van der Waals surface area contributed by atoms with Crippen LogP contribution in [0.2, 0.25) is 5.02 Å². The molecule has 148 valence electrons. The number of carbonyl (C=O) groups is 1. The molecule has 1 atom stereocenters. The highest BCUT2D eigenvalue weighted by molar-refractivity contribution is 7.89. The van der Waals surface area contributed by atoms with Gasteiger partial charge in [0.15, 0.2) is 23.9 Å². The van der Waals surface area contributed by atoms with Crippen molar-refractivity contribution in [1.82, 2.24) is 5.16 Å². The Morgan fingerprint density at radius 1 is 1.43 bits per heavy atom. The van der Waals surface area contributed by atoms with Crippen molar-refractivity contribution in [3.63, 3.8) is 0 Å². The summed E-state index contributed by atoms with van der Waals surface area (Å²) >= 11 is 7.36. The Kier molecular flexibility index (Phi) is 4.71. The Hall–Kier alpha value is -1.98. The first-order chi connectivity index (χ1) is 13.2. The zero-order chi connectivity index (χ0) is 20.1. The van der Waals surface area contributed by atoms with Crippen LogP contribution in [0.4, 0.5) is 0 Å². The van der Waals surface area contributed by atoms with Crippen LogP contribution in [0.25, 0.3) is 0 Å². The number of carbonyl (C=O) groups excluding carboxylic acids is 1. The van der Waals surface area contributed by atoms with Crippen LogP contribution in [0.3, 0.4) is 0 Å². The van der Waals surface area contributed by atoms with Crippen LogP contribution < -0.4 is 5.14 Å². The molecule has 1 aliphatic heterocycles. The summed E-state index contributed by atoms with van der Waals surface area (Å²) in [6.07, 6.45) is 3.70. The molecule has 3 heterocycles. The van der Waals surface area contributed by atoms with Gasteiger partial charge in [-0.3, -0.25) is 4.79 Å². The number of fused-ring (bicyclic) bond motifs is 1. The highest BCUT2D eigenvalue weighted by Gasteiger charge is 2.50. The molecule has 0 spiro atoms. The molecule has 28 heavy (non-hydrogen) atoms. The minimum absolute atomic E-state index is 0.0112. The van der Waals surface area contributed by atoms with Gasteiger partial charge in [0.05, 0.1) is 10.6 Å². The van der Waals surface area contributed by atoms with Crippen molar-refractivity contribution in [2.24, 2.45) is 5.14 Å². The van der Waals surface area contributed by atoms with Crippen molar-refractivity contribution < 1.29 is 27.2 Å². The summed E-state index contributed by atoms with van der Waals surface area (Å²) in [6.45, 7) is 1.72. The monoisotopic (exact) mass is 442 g/mol. The molecule has 8 nitrogen and oxygen atoms in total. The molecule has 11 heteroatoms. The molecule has 0 radical (unpaired) electrons. The van der Waals surface area contributed by atoms with Crippen LogP contribution in [0.5, 0.6) is 0 Å². The van der Waals surface area contributed by atoms with Crippen molar-refractivity contribution in [1.29, 1.82) is 0 Å². The maximum absolute atomic E-state index is 12.7. The molecule has 0 saturated carbocycles. The Balaban J connectivity index is 1.64. The van der Waals surface area contributed by atoms with Crippen LogP contribution in [-0.4, -0.2) is 26.2 Å². The highest BCUT2D eigenvalue weighted by Crippen LogP contribution is 2.49. The number of halogens is 1. The van der Waals surface area contributed by atoms with E-state index in [0.29, 0.717) is 27.8 Å². The third kappa shape index (κ3) is 3.11. The summed E-state index contributed by atoms with van der Waals surface area (Å²) in [5, 5.41) is 10.9.